The Balaban J connectivity index is 2.19. The summed E-state index contributed by atoms with van der Waals surface area (Å²) < 4.78 is 27.0. The Hall–Kier alpha value is -1.96. The van der Waals surface area contributed by atoms with Crippen molar-refractivity contribution >= 4 is 15.7 Å². The molecule has 0 aliphatic carbocycles. The largest absolute Gasteiger partial charge is 0.323 e. The Morgan fingerprint density at radius 3 is 2.80 bits per heavy atom. The van der Waals surface area contributed by atoms with Gasteiger partial charge in [0.2, 0.25) is 10.0 Å². The third-order valence-corrected chi connectivity index (χ3v) is 4.21. The molecule has 1 heterocycles. The van der Waals surface area contributed by atoms with Crippen LogP contribution in [0.25, 0.3) is 0 Å². The number of hydrogen-bond donors (Lipinski definition) is 3. The van der Waals surface area contributed by atoms with Crippen molar-refractivity contribution in [2.45, 2.75) is 18.4 Å². The molecule has 0 radical (unpaired) electrons. The number of hydrogen-bond acceptors (Lipinski definition) is 5. The molecule has 1 aromatic carbocycles. The minimum atomic E-state index is -3.67. The molecule has 0 aliphatic heterocycles. The lowest BCUT2D eigenvalue weighted by Crippen LogP contribution is -2.25. The van der Waals surface area contributed by atoms with Crippen molar-refractivity contribution in [3.05, 3.63) is 53.9 Å². The van der Waals surface area contributed by atoms with E-state index in [-0.39, 0.29) is 11.4 Å². The zero-order valence-corrected chi connectivity index (χ0v) is 11.8. The third kappa shape index (κ3) is 3.32. The van der Waals surface area contributed by atoms with E-state index in [9.17, 15) is 8.42 Å². The van der Waals surface area contributed by atoms with Crippen LogP contribution in [0.3, 0.4) is 0 Å². The van der Waals surface area contributed by atoms with Crippen molar-refractivity contribution in [1.29, 1.82) is 0 Å². The standard InChI is InChI=1S/C13H16N4O2S/c1-10-3-2-4-11(7-10)8-16-20(18,19)13-9-15-6-5-12(13)17-14/h2-7,9,16H,8,14H2,1H3,(H,15,17). The number of pyridine rings is 1. The lowest BCUT2D eigenvalue weighted by molar-refractivity contribution is 0.581. The molecule has 4 N–H and O–H groups in total. The number of aromatic nitrogens is 1. The molecule has 2 aromatic rings. The van der Waals surface area contributed by atoms with E-state index >= 15 is 0 Å². The van der Waals surface area contributed by atoms with E-state index < -0.39 is 10.0 Å². The fraction of sp³-hybridized carbons (Fsp3) is 0.154. The number of rotatable bonds is 5. The van der Waals surface area contributed by atoms with Crippen LogP contribution in [0.15, 0.2) is 47.6 Å². The average Bonchev–Trinajstić information content (AvgIpc) is 2.45. The molecule has 106 valence electrons. The summed E-state index contributed by atoms with van der Waals surface area (Å²) in [6, 6.07) is 9.13. The van der Waals surface area contributed by atoms with Gasteiger partial charge in [0.1, 0.15) is 4.90 Å². The van der Waals surface area contributed by atoms with Crippen molar-refractivity contribution in [2.75, 3.05) is 5.43 Å². The normalized spacial score (nSPS) is 11.3. The Kier molecular flexibility index (Phi) is 4.33. The Bertz CT molecular complexity index is 701. The van der Waals surface area contributed by atoms with Gasteiger partial charge >= 0.3 is 0 Å². The van der Waals surface area contributed by atoms with Crippen LogP contribution < -0.4 is 16.0 Å². The van der Waals surface area contributed by atoms with E-state index in [1.807, 2.05) is 31.2 Å². The van der Waals surface area contributed by atoms with Crippen LogP contribution in [-0.4, -0.2) is 13.4 Å². The highest BCUT2D eigenvalue weighted by Crippen LogP contribution is 2.18. The lowest BCUT2D eigenvalue weighted by atomic mass is 10.1. The SMILES string of the molecule is Cc1cccc(CNS(=O)(=O)c2cnccc2NN)c1. The summed E-state index contributed by atoms with van der Waals surface area (Å²) in [5, 5.41) is 0. The maximum atomic E-state index is 12.2. The summed E-state index contributed by atoms with van der Waals surface area (Å²) in [5.41, 5.74) is 4.62. The smallest absolute Gasteiger partial charge is 0.244 e. The second-order valence-electron chi connectivity index (χ2n) is 4.33. The molecule has 0 spiro atoms. The van der Waals surface area contributed by atoms with Gasteiger partial charge in [-0.15, -0.1) is 0 Å². The van der Waals surface area contributed by atoms with Crippen LogP contribution in [0.2, 0.25) is 0 Å². The molecule has 20 heavy (non-hydrogen) atoms. The topological polar surface area (TPSA) is 97.1 Å². The number of aryl methyl sites for hydroxylation is 1. The quantitative estimate of drug-likeness (QED) is 0.567. The van der Waals surface area contributed by atoms with Crippen LogP contribution in [0.4, 0.5) is 5.69 Å². The van der Waals surface area contributed by atoms with E-state index in [0.29, 0.717) is 5.69 Å². The van der Waals surface area contributed by atoms with Crippen molar-refractivity contribution in [3.8, 4) is 0 Å². The van der Waals surface area contributed by atoms with Crippen LogP contribution in [0.5, 0.6) is 0 Å². The Labute approximate surface area is 118 Å². The molecule has 0 atom stereocenters. The molecule has 0 bridgehead atoms. The fourth-order valence-electron chi connectivity index (χ4n) is 1.79. The van der Waals surface area contributed by atoms with Gasteiger partial charge in [-0.3, -0.25) is 10.8 Å². The number of anilines is 1. The number of nitrogen functional groups attached to an aromatic ring is 1. The van der Waals surface area contributed by atoms with Gasteiger partial charge in [-0.1, -0.05) is 29.8 Å². The van der Waals surface area contributed by atoms with Gasteiger partial charge in [-0.05, 0) is 18.6 Å². The number of hydrazine groups is 1. The maximum Gasteiger partial charge on any atom is 0.244 e. The predicted octanol–water partition coefficient (Wildman–Crippen LogP) is 1.15. The summed E-state index contributed by atoms with van der Waals surface area (Å²) in [5.74, 6) is 5.30. The summed E-state index contributed by atoms with van der Waals surface area (Å²) in [6.07, 6.45) is 2.72. The summed E-state index contributed by atoms with van der Waals surface area (Å²) in [6.45, 7) is 2.17. The lowest BCUT2D eigenvalue weighted by Gasteiger charge is -2.10. The average molecular weight is 292 g/mol. The zero-order chi connectivity index (χ0) is 14.6. The van der Waals surface area contributed by atoms with E-state index in [2.05, 4.69) is 15.1 Å². The van der Waals surface area contributed by atoms with E-state index in [0.717, 1.165) is 11.1 Å². The minimum Gasteiger partial charge on any atom is -0.323 e. The Morgan fingerprint density at radius 1 is 1.30 bits per heavy atom. The number of nitrogens with zero attached hydrogens (tertiary/aromatic N) is 1. The first-order valence-corrected chi connectivity index (χ1v) is 7.47. The molecule has 0 fully saturated rings. The molecule has 2 rings (SSSR count). The first-order chi connectivity index (χ1) is 9.53. The number of benzene rings is 1. The van der Waals surface area contributed by atoms with Crippen molar-refractivity contribution < 1.29 is 8.42 Å². The minimum absolute atomic E-state index is 0.0233. The van der Waals surface area contributed by atoms with Gasteiger partial charge in [-0.25, -0.2) is 13.1 Å². The van der Waals surface area contributed by atoms with Crippen molar-refractivity contribution in [1.82, 2.24) is 9.71 Å². The van der Waals surface area contributed by atoms with E-state index in [1.165, 1.54) is 18.5 Å². The van der Waals surface area contributed by atoms with Gasteiger partial charge in [0.05, 0.1) is 5.69 Å². The monoisotopic (exact) mass is 292 g/mol. The van der Waals surface area contributed by atoms with Gasteiger partial charge in [0, 0.05) is 18.9 Å². The number of nitrogens with one attached hydrogen (secondary N) is 2. The molecule has 0 aliphatic rings. The van der Waals surface area contributed by atoms with Gasteiger partial charge in [0.25, 0.3) is 0 Å². The van der Waals surface area contributed by atoms with Crippen LogP contribution >= 0.6 is 0 Å². The predicted molar refractivity (Wildman–Crippen MR) is 77.3 cm³/mol. The zero-order valence-electron chi connectivity index (χ0n) is 11.0. The summed E-state index contributed by atoms with van der Waals surface area (Å²) in [7, 11) is -3.67. The van der Waals surface area contributed by atoms with Gasteiger partial charge in [-0.2, -0.15) is 0 Å². The molecule has 0 saturated carbocycles. The second kappa shape index (κ2) is 6.00. The summed E-state index contributed by atoms with van der Waals surface area (Å²) in [4.78, 5) is 3.84. The molecule has 7 heteroatoms. The molecule has 0 amide bonds. The van der Waals surface area contributed by atoms with Crippen LogP contribution in [-0.2, 0) is 16.6 Å². The molecular formula is C13H16N4O2S. The van der Waals surface area contributed by atoms with Crippen molar-refractivity contribution in [2.24, 2.45) is 5.84 Å². The van der Waals surface area contributed by atoms with Gasteiger partial charge in [0.15, 0.2) is 0 Å². The highest BCUT2D eigenvalue weighted by molar-refractivity contribution is 7.89. The van der Waals surface area contributed by atoms with Crippen molar-refractivity contribution in [3.63, 3.8) is 0 Å². The highest BCUT2D eigenvalue weighted by atomic mass is 32.2. The fourth-order valence-corrected chi connectivity index (χ4v) is 2.92. The molecule has 0 saturated heterocycles. The summed E-state index contributed by atoms with van der Waals surface area (Å²) >= 11 is 0. The molecular weight excluding hydrogens is 276 g/mol. The molecule has 6 nitrogen and oxygen atoms in total. The molecule has 1 aromatic heterocycles. The third-order valence-electron chi connectivity index (χ3n) is 2.78. The first kappa shape index (κ1) is 14.4. The van der Waals surface area contributed by atoms with Gasteiger partial charge < -0.3 is 5.43 Å². The molecule has 0 unspecified atom stereocenters. The van der Waals surface area contributed by atoms with Crippen LogP contribution in [0, 0.1) is 6.92 Å². The second-order valence-corrected chi connectivity index (χ2v) is 6.07. The Morgan fingerprint density at radius 2 is 2.10 bits per heavy atom. The number of nitrogens with two attached hydrogens (primary N) is 1. The first-order valence-electron chi connectivity index (χ1n) is 5.99. The van der Waals surface area contributed by atoms with E-state index in [1.54, 1.807) is 0 Å². The highest BCUT2D eigenvalue weighted by Gasteiger charge is 2.18. The van der Waals surface area contributed by atoms with E-state index in [4.69, 9.17) is 5.84 Å². The number of sulfonamides is 1. The van der Waals surface area contributed by atoms with Crippen LogP contribution in [0.1, 0.15) is 11.1 Å². The maximum absolute atomic E-state index is 12.2.